The predicted octanol–water partition coefficient (Wildman–Crippen LogP) is 24.7. The molecule has 0 unspecified atom stereocenters. The molecule has 448 valence electrons. The molecule has 0 bridgehead atoms. The van der Waals surface area contributed by atoms with Crippen LogP contribution in [-0.4, -0.2) is 18.3 Å². The molecule has 0 radical (unpaired) electrons. The third-order valence-electron chi connectivity index (χ3n) is 19.8. The smallest absolute Gasteiger partial charge is 0.0541 e. The topological polar surface area (TPSA) is 19.7 Å². The predicted molar refractivity (Wildman–Crippen MR) is 407 cm³/mol. The molecule has 4 aromatic heterocycles. The average molecular weight is 1220 g/mol. The summed E-state index contributed by atoms with van der Waals surface area (Å²) >= 11 is 0. The number of rotatable bonds is 8. The third kappa shape index (κ3) is 9.14. The average Bonchev–Trinajstić information content (AvgIpc) is 1.61. The number of benzene rings is 16. The summed E-state index contributed by atoms with van der Waals surface area (Å²) in [6.45, 7) is 0. The lowest BCUT2D eigenvalue weighted by molar-refractivity contribution is 1.18. The summed E-state index contributed by atoms with van der Waals surface area (Å²) in [7, 11) is 0. The van der Waals surface area contributed by atoms with Gasteiger partial charge < -0.3 is 18.3 Å². The zero-order valence-electron chi connectivity index (χ0n) is 52.4. The normalized spacial score (nSPS) is 11.8. The maximum Gasteiger partial charge on any atom is 0.0541 e. The summed E-state index contributed by atoms with van der Waals surface area (Å²) in [5.74, 6) is 0. The zero-order chi connectivity index (χ0) is 63.2. The lowest BCUT2D eigenvalue weighted by atomic mass is 10.0. The quantitative estimate of drug-likeness (QED) is 0.144. The van der Waals surface area contributed by atoms with Crippen molar-refractivity contribution in [3.05, 3.63) is 364 Å². The summed E-state index contributed by atoms with van der Waals surface area (Å²) in [6, 6.07) is 132. The van der Waals surface area contributed by atoms with Crippen LogP contribution in [0.3, 0.4) is 0 Å². The Bertz CT molecular complexity index is 6030. The molecule has 0 aliphatic carbocycles. The number of hydrogen-bond donors (Lipinski definition) is 0. The first-order chi connectivity index (χ1) is 47.6. The van der Waals surface area contributed by atoms with Gasteiger partial charge in [0, 0.05) is 65.8 Å². The van der Waals surface area contributed by atoms with Crippen LogP contribution < -0.4 is 0 Å². The molecular formula is C92H60N4. The van der Waals surface area contributed by atoms with Crippen molar-refractivity contribution in [3.63, 3.8) is 0 Å². The van der Waals surface area contributed by atoms with Gasteiger partial charge in [0.05, 0.1) is 44.1 Å². The van der Waals surface area contributed by atoms with E-state index in [9.17, 15) is 0 Å². The largest absolute Gasteiger partial charge is 0.309 e. The highest BCUT2D eigenvalue weighted by Gasteiger charge is 2.20. The summed E-state index contributed by atoms with van der Waals surface area (Å²) in [5, 5.41) is 15.1. The molecular weight excluding hydrogens is 1160 g/mol. The van der Waals surface area contributed by atoms with E-state index in [-0.39, 0.29) is 0 Å². The van der Waals surface area contributed by atoms with E-state index in [4.69, 9.17) is 0 Å². The van der Waals surface area contributed by atoms with Crippen LogP contribution in [-0.2, 0) is 0 Å². The fourth-order valence-electron chi connectivity index (χ4n) is 15.2. The Hall–Kier alpha value is -12.8. The maximum atomic E-state index is 2.40. The molecule has 0 N–H and O–H groups in total. The van der Waals surface area contributed by atoms with E-state index in [0.717, 1.165) is 11.4 Å². The summed E-state index contributed by atoms with van der Waals surface area (Å²) in [5.41, 5.74) is 24.2. The molecule has 4 heteroatoms. The van der Waals surface area contributed by atoms with Gasteiger partial charge in [-0.3, -0.25) is 0 Å². The fourth-order valence-corrected chi connectivity index (χ4v) is 15.2. The van der Waals surface area contributed by atoms with Crippen LogP contribution >= 0.6 is 0 Å². The monoisotopic (exact) mass is 1220 g/mol. The van der Waals surface area contributed by atoms with Crippen molar-refractivity contribution >= 4 is 109 Å². The lowest BCUT2D eigenvalue weighted by Crippen LogP contribution is -1.94. The van der Waals surface area contributed by atoms with Crippen molar-refractivity contribution in [2.45, 2.75) is 0 Å². The summed E-state index contributed by atoms with van der Waals surface area (Å²) in [4.78, 5) is 0. The number of para-hydroxylation sites is 4. The van der Waals surface area contributed by atoms with Crippen molar-refractivity contribution in [1.82, 2.24) is 18.3 Å². The number of aromatic nitrogens is 4. The molecule has 4 nitrogen and oxygen atoms in total. The van der Waals surface area contributed by atoms with Gasteiger partial charge in [-0.05, 0) is 187 Å². The van der Waals surface area contributed by atoms with Crippen molar-refractivity contribution < 1.29 is 0 Å². The van der Waals surface area contributed by atoms with Crippen LogP contribution in [0.5, 0.6) is 0 Å². The van der Waals surface area contributed by atoms with Crippen LogP contribution in [0.1, 0.15) is 0 Å². The van der Waals surface area contributed by atoms with E-state index in [1.54, 1.807) is 0 Å². The molecule has 0 amide bonds. The second kappa shape index (κ2) is 22.5. The molecule has 0 fully saturated rings. The van der Waals surface area contributed by atoms with Gasteiger partial charge in [-0.15, -0.1) is 0 Å². The van der Waals surface area contributed by atoms with Gasteiger partial charge in [0.15, 0.2) is 0 Å². The highest BCUT2D eigenvalue weighted by atomic mass is 15.0. The molecule has 0 aliphatic rings. The van der Waals surface area contributed by atoms with Gasteiger partial charge in [0.1, 0.15) is 0 Å². The standard InChI is InChI=1S/C48H32N2.C44H28N2/c1-3-11-33(12-4-1)35-19-25-39(26-20-35)49-45-17-9-7-15-41(45)43-31-37(23-29-47(43)49)38-24-30-48-44(32-38)42-16-8-10-18-46(42)50(48)40-27-21-36(22-28-40)34-13-5-2-6-14-34;1-3-11-31-25-35(21-17-29(31)9-1)45-41-15-7-5-13-37(41)39-27-33(19-23-43(39)45)34-20-24-44-40(28-34)38-14-6-8-16-42(38)46(44)36-22-18-30-10-2-4-12-32(30)26-36/h1-32H;1-28H. The molecule has 0 saturated heterocycles. The van der Waals surface area contributed by atoms with Crippen LogP contribution in [0.15, 0.2) is 364 Å². The minimum atomic E-state index is 1.16. The Morgan fingerprint density at radius 1 is 0.125 bits per heavy atom. The van der Waals surface area contributed by atoms with Crippen molar-refractivity contribution in [3.8, 4) is 67.3 Å². The van der Waals surface area contributed by atoms with E-state index in [0.29, 0.717) is 0 Å². The highest BCUT2D eigenvalue weighted by Crippen LogP contribution is 2.42. The lowest BCUT2D eigenvalue weighted by Gasteiger charge is -2.11. The fraction of sp³-hybridized carbons (Fsp3) is 0. The zero-order valence-corrected chi connectivity index (χ0v) is 52.4. The van der Waals surface area contributed by atoms with E-state index < -0.39 is 0 Å². The van der Waals surface area contributed by atoms with E-state index in [1.807, 2.05) is 0 Å². The summed E-state index contributed by atoms with van der Waals surface area (Å²) < 4.78 is 9.59. The first kappa shape index (κ1) is 54.9. The van der Waals surface area contributed by atoms with Gasteiger partial charge >= 0.3 is 0 Å². The molecule has 4 heterocycles. The first-order valence-corrected chi connectivity index (χ1v) is 33.0. The Kier molecular flexibility index (Phi) is 12.9. The third-order valence-corrected chi connectivity index (χ3v) is 19.8. The minimum absolute atomic E-state index is 1.16. The van der Waals surface area contributed by atoms with Crippen LogP contribution in [0.25, 0.3) is 176 Å². The van der Waals surface area contributed by atoms with E-state index >= 15 is 0 Å². The molecule has 0 atom stereocenters. The molecule has 0 aliphatic heterocycles. The SMILES string of the molecule is c1ccc(-c2ccc(-n3c4ccccc4c4cc(-c5ccc6c(c5)c5ccccc5n6-c5ccc(-c6ccccc6)cc5)ccc43)cc2)cc1.c1ccc2cc(-n3c4ccccc4c4cc(-c5ccc6c(c5)c5ccccc5n6-c5ccc6ccccc6c5)ccc43)ccc2c1. The first-order valence-electron chi connectivity index (χ1n) is 33.0. The molecule has 20 rings (SSSR count). The van der Waals surface area contributed by atoms with Gasteiger partial charge in [-0.1, -0.05) is 243 Å². The highest BCUT2D eigenvalue weighted by molar-refractivity contribution is 6.15. The molecule has 0 spiro atoms. The van der Waals surface area contributed by atoms with Crippen molar-refractivity contribution in [2.24, 2.45) is 0 Å². The van der Waals surface area contributed by atoms with Crippen LogP contribution in [0, 0.1) is 0 Å². The van der Waals surface area contributed by atoms with Gasteiger partial charge in [0.25, 0.3) is 0 Å². The second-order valence-corrected chi connectivity index (χ2v) is 25.2. The number of hydrogen-bond acceptors (Lipinski definition) is 0. The van der Waals surface area contributed by atoms with Crippen LogP contribution in [0.4, 0.5) is 0 Å². The Labute approximate surface area is 554 Å². The van der Waals surface area contributed by atoms with Crippen LogP contribution in [0.2, 0.25) is 0 Å². The van der Waals surface area contributed by atoms with E-state index in [1.165, 1.54) is 165 Å². The Morgan fingerprint density at radius 2 is 0.354 bits per heavy atom. The Balaban J connectivity index is 0.000000136. The Morgan fingerprint density at radius 3 is 0.677 bits per heavy atom. The summed E-state index contributed by atoms with van der Waals surface area (Å²) in [6.07, 6.45) is 0. The molecule has 96 heavy (non-hydrogen) atoms. The minimum Gasteiger partial charge on any atom is -0.309 e. The van der Waals surface area contributed by atoms with Gasteiger partial charge in [-0.2, -0.15) is 0 Å². The van der Waals surface area contributed by atoms with E-state index in [2.05, 4.69) is 382 Å². The maximum absolute atomic E-state index is 2.40. The molecule has 0 saturated carbocycles. The number of nitrogens with zero attached hydrogens (tertiary/aromatic N) is 4. The van der Waals surface area contributed by atoms with Gasteiger partial charge in [-0.25, -0.2) is 0 Å². The molecule has 16 aromatic carbocycles. The van der Waals surface area contributed by atoms with Crippen molar-refractivity contribution in [2.75, 3.05) is 0 Å². The second-order valence-electron chi connectivity index (χ2n) is 25.2. The molecule has 20 aromatic rings. The van der Waals surface area contributed by atoms with Crippen molar-refractivity contribution in [1.29, 1.82) is 0 Å². The number of fused-ring (bicyclic) bond motifs is 14. The van der Waals surface area contributed by atoms with Gasteiger partial charge in [0.2, 0.25) is 0 Å².